The minimum absolute atomic E-state index is 1.10. The number of allylic oxidation sites excluding steroid dienone is 5. The maximum atomic E-state index is 3.96. The molecule has 0 bridgehead atoms. The first-order chi connectivity index (χ1) is 31.8. The second-order valence-corrected chi connectivity index (χ2v) is 17.0. The van der Waals surface area contributed by atoms with Crippen LogP contribution in [0.5, 0.6) is 0 Å². The molecule has 0 saturated heterocycles. The van der Waals surface area contributed by atoms with Crippen LogP contribution in [-0.4, -0.2) is 9.13 Å². The predicted octanol–water partition coefficient (Wildman–Crippen LogP) is 17.5. The third kappa shape index (κ3) is 6.90. The number of nitrogens with zero attached hydrogens (tertiary/aromatic N) is 2. The van der Waals surface area contributed by atoms with Crippen molar-refractivity contribution >= 4 is 61.6 Å². The Morgan fingerprint density at radius 3 is 1.40 bits per heavy atom. The van der Waals surface area contributed by atoms with E-state index in [4.69, 9.17) is 0 Å². The Kier molecular flexibility index (Phi) is 10.7. The van der Waals surface area contributed by atoms with E-state index in [2.05, 4.69) is 233 Å². The van der Waals surface area contributed by atoms with Crippen LogP contribution < -0.4 is 0 Å². The lowest BCUT2D eigenvalue weighted by atomic mass is 9.84. The van der Waals surface area contributed by atoms with E-state index in [9.17, 15) is 0 Å². The normalized spacial score (nSPS) is 12.0. The number of rotatable bonds is 10. The molecule has 0 spiro atoms. The van der Waals surface area contributed by atoms with Gasteiger partial charge in [0.05, 0.1) is 11.0 Å². The van der Waals surface area contributed by atoms with Gasteiger partial charge in [-0.2, -0.15) is 0 Å². The van der Waals surface area contributed by atoms with E-state index in [-0.39, 0.29) is 0 Å². The third-order valence-electron chi connectivity index (χ3n) is 13.5. The summed E-state index contributed by atoms with van der Waals surface area (Å²) in [5, 5.41) is 7.41. The molecule has 0 unspecified atom stereocenters. The molecule has 65 heavy (non-hydrogen) atoms. The van der Waals surface area contributed by atoms with Gasteiger partial charge in [-0.3, -0.25) is 0 Å². The molecule has 2 nitrogen and oxygen atoms in total. The van der Waals surface area contributed by atoms with Gasteiger partial charge in [-0.05, 0) is 172 Å². The molecule has 0 fully saturated rings. The Bertz CT molecular complexity index is 3500. The first-order valence-corrected chi connectivity index (χ1v) is 22.5. The van der Waals surface area contributed by atoms with Crippen molar-refractivity contribution in [3.05, 3.63) is 234 Å². The molecule has 10 rings (SSSR count). The molecule has 2 heterocycles. The molecule has 0 aliphatic carbocycles. The summed E-state index contributed by atoms with van der Waals surface area (Å²) in [6, 6.07) is 56.4. The van der Waals surface area contributed by atoms with Crippen molar-refractivity contribution in [1.29, 1.82) is 0 Å². The number of fused-ring (bicyclic) bond motifs is 5. The van der Waals surface area contributed by atoms with Crippen molar-refractivity contribution in [3.63, 3.8) is 0 Å². The fourth-order valence-electron chi connectivity index (χ4n) is 10.0. The Hall–Kier alpha value is -7.94. The topological polar surface area (TPSA) is 9.86 Å². The first kappa shape index (κ1) is 41.1. The minimum atomic E-state index is 1.10. The Morgan fingerprint density at radius 1 is 0.415 bits per heavy atom. The van der Waals surface area contributed by atoms with Crippen molar-refractivity contribution < 1.29 is 0 Å². The molecule has 0 N–H and O–H groups in total. The number of hydrogen-bond donors (Lipinski definition) is 0. The highest BCUT2D eigenvalue weighted by Crippen LogP contribution is 2.46. The van der Waals surface area contributed by atoms with E-state index in [0.717, 1.165) is 22.8 Å². The van der Waals surface area contributed by atoms with Gasteiger partial charge in [-0.15, -0.1) is 0 Å². The smallest absolute Gasteiger partial charge is 0.0541 e. The Morgan fingerprint density at radius 2 is 0.877 bits per heavy atom. The van der Waals surface area contributed by atoms with Crippen molar-refractivity contribution in [2.75, 3.05) is 0 Å². The van der Waals surface area contributed by atoms with Crippen LogP contribution in [0.15, 0.2) is 195 Å². The molecule has 0 atom stereocenters. The van der Waals surface area contributed by atoms with Crippen LogP contribution in [0, 0.1) is 27.7 Å². The van der Waals surface area contributed by atoms with Crippen LogP contribution in [0.4, 0.5) is 0 Å². The van der Waals surface area contributed by atoms with Gasteiger partial charge in [0.25, 0.3) is 0 Å². The van der Waals surface area contributed by atoms with Gasteiger partial charge in [0.2, 0.25) is 0 Å². The van der Waals surface area contributed by atoms with Crippen LogP contribution in [0.1, 0.15) is 46.1 Å². The minimum Gasteiger partial charge on any atom is -0.310 e. The standard InChI is InChI=1S/C63H52N2/c1-8-11-24-58-43(6)44(7)59(25-12-9-2)64(58)48-34-29-45(30-35-48)62-54-22-13-14-23-55(54)63(57-40-47(33-39-56(57)62)51-38-28-41(4)42(5)50(51)19-10-3)46-31-36-49(37-32-46)65-60-26-17-15-20-52(60)53-21-16-18-27-61(53)65/h8-40H,1-2H2,3-7H3/b19-10-,24-11-,25-12-. The number of aromatic nitrogens is 2. The summed E-state index contributed by atoms with van der Waals surface area (Å²) in [6.45, 7) is 18.8. The second-order valence-electron chi connectivity index (χ2n) is 17.0. The molecule has 8 aromatic carbocycles. The molecular formula is C63H52N2. The molecule has 0 aliphatic heterocycles. The summed E-state index contributed by atoms with van der Waals surface area (Å²) < 4.78 is 4.74. The van der Waals surface area contributed by atoms with E-state index in [1.54, 1.807) is 0 Å². The van der Waals surface area contributed by atoms with E-state index < -0.39 is 0 Å². The van der Waals surface area contributed by atoms with E-state index in [0.29, 0.717) is 0 Å². The summed E-state index contributed by atoms with van der Waals surface area (Å²) in [7, 11) is 0. The fourth-order valence-corrected chi connectivity index (χ4v) is 10.0. The van der Waals surface area contributed by atoms with Crippen LogP contribution in [0.2, 0.25) is 0 Å². The highest BCUT2D eigenvalue weighted by molar-refractivity contribution is 6.22. The summed E-state index contributed by atoms with van der Waals surface area (Å²) in [4.78, 5) is 0. The van der Waals surface area contributed by atoms with E-state index in [1.807, 2.05) is 24.3 Å². The highest BCUT2D eigenvalue weighted by atomic mass is 15.0. The molecule has 10 aromatic rings. The number of aryl methyl sites for hydroxylation is 1. The van der Waals surface area contributed by atoms with Gasteiger partial charge in [-0.25, -0.2) is 0 Å². The lowest BCUT2D eigenvalue weighted by Gasteiger charge is -2.20. The number of para-hydroxylation sites is 2. The largest absolute Gasteiger partial charge is 0.310 e. The lowest BCUT2D eigenvalue weighted by molar-refractivity contribution is 1.04. The molecule has 0 radical (unpaired) electrons. The maximum Gasteiger partial charge on any atom is 0.0541 e. The highest BCUT2D eigenvalue weighted by Gasteiger charge is 2.21. The average molecular weight is 837 g/mol. The summed E-state index contributed by atoms with van der Waals surface area (Å²) in [5.41, 5.74) is 20.5. The Labute approximate surface area is 382 Å². The van der Waals surface area contributed by atoms with Gasteiger partial charge in [0, 0.05) is 33.5 Å². The van der Waals surface area contributed by atoms with Gasteiger partial charge in [0.15, 0.2) is 0 Å². The maximum absolute atomic E-state index is 3.96. The van der Waals surface area contributed by atoms with Crippen molar-refractivity contribution in [2.24, 2.45) is 0 Å². The summed E-state index contributed by atoms with van der Waals surface area (Å²) in [6.07, 6.45) is 16.4. The SMILES string of the molecule is C=C/C=C\c1c(C)c(C)c(/C=C\C=C)n1-c1ccc(-c2c3ccccc3c(-c3ccc(-n4c5ccccc5c5ccccc54)cc3)c3cc(-c4ccc(C)c(C)c4/C=C\C)ccc23)cc1. The molecule has 2 heteroatoms. The predicted molar refractivity (Wildman–Crippen MR) is 284 cm³/mol. The van der Waals surface area contributed by atoms with E-state index in [1.165, 1.54) is 105 Å². The number of benzene rings is 8. The summed E-state index contributed by atoms with van der Waals surface area (Å²) >= 11 is 0. The van der Waals surface area contributed by atoms with Gasteiger partial charge >= 0.3 is 0 Å². The van der Waals surface area contributed by atoms with Crippen molar-refractivity contribution in [1.82, 2.24) is 9.13 Å². The molecule has 314 valence electrons. The van der Waals surface area contributed by atoms with Crippen molar-refractivity contribution in [3.8, 4) is 44.8 Å². The Balaban J connectivity index is 1.21. The van der Waals surface area contributed by atoms with Gasteiger partial charge in [-0.1, -0.05) is 159 Å². The van der Waals surface area contributed by atoms with Crippen LogP contribution in [0.3, 0.4) is 0 Å². The second kappa shape index (κ2) is 17.0. The van der Waals surface area contributed by atoms with E-state index >= 15 is 0 Å². The van der Waals surface area contributed by atoms with Crippen LogP contribution in [0.25, 0.3) is 106 Å². The average Bonchev–Trinajstić information content (AvgIpc) is 3.80. The molecular weight excluding hydrogens is 785 g/mol. The molecule has 0 aliphatic rings. The van der Waals surface area contributed by atoms with Crippen LogP contribution >= 0.6 is 0 Å². The zero-order valence-corrected chi connectivity index (χ0v) is 37.9. The number of hydrogen-bond acceptors (Lipinski definition) is 0. The molecule has 0 amide bonds. The fraction of sp³-hybridized carbons (Fsp3) is 0.0794. The van der Waals surface area contributed by atoms with Crippen molar-refractivity contribution in [2.45, 2.75) is 34.6 Å². The van der Waals surface area contributed by atoms with Gasteiger partial charge in [0.1, 0.15) is 0 Å². The molecule has 0 saturated carbocycles. The monoisotopic (exact) mass is 836 g/mol. The lowest BCUT2D eigenvalue weighted by Crippen LogP contribution is -2.00. The third-order valence-corrected chi connectivity index (χ3v) is 13.5. The summed E-state index contributed by atoms with van der Waals surface area (Å²) in [5.74, 6) is 0. The quantitative estimate of drug-likeness (QED) is 0.0959. The zero-order chi connectivity index (χ0) is 44.8. The first-order valence-electron chi connectivity index (χ1n) is 22.5. The molecule has 2 aromatic heterocycles. The van der Waals surface area contributed by atoms with Gasteiger partial charge < -0.3 is 9.13 Å². The zero-order valence-electron chi connectivity index (χ0n) is 37.9. The van der Waals surface area contributed by atoms with Crippen LogP contribution in [-0.2, 0) is 0 Å².